The SMILES string of the molecule is COc1cccc(NC(=O)C2Cc3cc(C(F)(F)F)ccc3N3CCN(C4CCCC4)CC23)c1. The highest BCUT2D eigenvalue weighted by Gasteiger charge is 2.44. The Bertz CT molecular complexity index is 1050. The van der Waals surface area contributed by atoms with Crippen molar-refractivity contribution in [1.82, 2.24) is 4.90 Å². The number of carbonyl (C=O) groups excluding carboxylic acids is 1. The van der Waals surface area contributed by atoms with E-state index in [1.54, 1.807) is 37.4 Å². The van der Waals surface area contributed by atoms with Gasteiger partial charge in [0.25, 0.3) is 0 Å². The van der Waals surface area contributed by atoms with Gasteiger partial charge in [0.15, 0.2) is 0 Å². The number of anilines is 2. The van der Waals surface area contributed by atoms with Crippen LogP contribution in [0.3, 0.4) is 0 Å². The number of alkyl halides is 3. The van der Waals surface area contributed by atoms with E-state index < -0.39 is 17.7 Å². The van der Waals surface area contributed by atoms with Crippen LogP contribution in [0.25, 0.3) is 0 Å². The summed E-state index contributed by atoms with van der Waals surface area (Å²) in [5, 5.41) is 2.99. The van der Waals surface area contributed by atoms with Crippen LogP contribution in [-0.4, -0.2) is 49.6 Å². The molecule has 1 saturated heterocycles. The van der Waals surface area contributed by atoms with Gasteiger partial charge in [-0.3, -0.25) is 9.69 Å². The molecule has 2 unspecified atom stereocenters. The second-order valence-corrected chi connectivity index (χ2v) is 9.57. The number of halogens is 3. The van der Waals surface area contributed by atoms with Crippen LogP contribution in [-0.2, 0) is 17.4 Å². The Morgan fingerprint density at radius 1 is 1.09 bits per heavy atom. The highest BCUT2D eigenvalue weighted by Crippen LogP contribution is 2.41. The van der Waals surface area contributed by atoms with E-state index in [0.717, 1.165) is 24.8 Å². The highest BCUT2D eigenvalue weighted by molar-refractivity contribution is 5.94. The van der Waals surface area contributed by atoms with Gasteiger partial charge in [0.05, 0.1) is 24.6 Å². The molecule has 182 valence electrons. The number of rotatable bonds is 4. The van der Waals surface area contributed by atoms with Crippen molar-refractivity contribution in [2.24, 2.45) is 5.92 Å². The number of benzene rings is 2. The Morgan fingerprint density at radius 2 is 1.88 bits per heavy atom. The van der Waals surface area contributed by atoms with E-state index >= 15 is 0 Å². The first-order valence-electron chi connectivity index (χ1n) is 12.0. The average molecular weight is 474 g/mol. The van der Waals surface area contributed by atoms with Crippen molar-refractivity contribution in [2.75, 3.05) is 37.0 Å². The molecule has 2 fully saturated rings. The molecule has 2 aromatic carbocycles. The zero-order chi connectivity index (χ0) is 23.9. The minimum Gasteiger partial charge on any atom is -0.497 e. The molecule has 0 bridgehead atoms. The van der Waals surface area contributed by atoms with E-state index in [-0.39, 0.29) is 18.4 Å². The maximum Gasteiger partial charge on any atom is 0.416 e. The predicted octanol–water partition coefficient (Wildman–Crippen LogP) is 4.96. The van der Waals surface area contributed by atoms with Crippen molar-refractivity contribution in [3.63, 3.8) is 0 Å². The number of nitrogens with one attached hydrogen (secondary N) is 1. The number of carbonyl (C=O) groups is 1. The number of methoxy groups -OCH3 is 1. The van der Waals surface area contributed by atoms with Crippen LogP contribution in [0.2, 0.25) is 0 Å². The molecule has 2 heterocycles. The zero-order valence-corrected chi connectivity index (χ0v) is 19.3. The summed E-state index contributed by atoms with van der Waals surface area (Å²) in [4.78, 5) is 18.2. The van der Waals surface area contributed by atoms with E-state index in [1.807, 2.05) is 0 Å². The molecule has 2 aliphatic heterocycles. The smallest absolute Gasteiger partial charge is 0.416 e. The third kappa shape index (κ3) is 4.48. The monoisotopic (exact) mass is 473 g/mol. The predicted molar refractivity (Wildman–Crippen MR) is 125 cm³/mol. The van der Waals surface area contributed by atoms with Crippen molar-refractivity contribution in [3.05, 3.63) is 53.6 Å². The van der Waals surface area contributed by atoms with E-state index in [0.29, 0.717) is 29.6 Å². The Kier molecular flexibility index (Phi) is 6.18. The molecule has 5 rings (SSSR count). The lowest BCUT2D eigenvalue weighted by molar-refractivity contribution is -0.137. The van der Waals surface area contributed by atoms with Gasteiger partial charge in [-0.05, 0) is 55.2 Å². The van der Waals surface area contributed by atoms with E-state index in [4.69, 9.17) is 4.74 Å². The van der Waals surface area contributed by atoms with E-state index in [2.05, 4.69) is 15.1 Å². The number of amides is 1. The van der Waals surface area contributed by atoms with Gasteiger partial charge >= 0.3 is 6.18 Å². The summed E-state index contributed by atoms with van der Waals surface area (Å²) in [6.07, 6.45) is 0.703. The molecule has 2 aromatic rings. The van der Waals surface area contributed by atoms with Crippen LogP contribution in [0.5, 0.6) is 5.75 Å². The molecule has 1 amide bonds. The van der Waals surface area contributed by atoms with Crippen molar-refractivity contribution in [2.45, 2.75) is 50.4 Å². The molecule has 3 aliphatic rings. The van der Waals surface area contributed by atoms with Crippen molar-refractivity contribution in [3.8, 4) is 5.75 Å². The fourth-order valence-electron chi connectivity index (χ4n) is 5.86. The molecule has 1 saturated carbocycles. The van der Waals surface area contributed by atoms with E-state index in [9.17, 15) is 18.0 Å². The number of ether oxygens (including phenoxy) is 1. The minimum atomic E-state index is -4.41. The van der Waals surface area contributed by atoms with Crippen LogP contribution in [0, 0.1) is 5.92 Å². The molecular formula is C26H30F3N3O2. The number of hydrogen-bond acceptors (Lipinski definition) is 4. The normalized spacial score (nSPS) is 23.4. The van der Waals surface area contributed by atoms with Gasteiger partial charge in [-0.2, -0.15) is 13.2 Å². The van der Waals surface area contributed by atoms with Gasteiger partial charge in [0.2, 0.25) is 5.91 Å². The topological polar surface area (TPSA) is 44.8 Å². The Balaban J connectivity index is 1.45. The zero-order valence-electron chi connectivity index (χ0n) is 19.3. The fraction of sp³-hybridized carbons (Fsp3) is 0.500. The number of nitrogens with zero attached hydrogens (tertiary/aromatic N) is 2. The van der Waals surface area contributed by atoms with Gasteiger partial charge in [-0.25, -0.2) is 0 Å². The first-order chi connectivity index (χ1) is 16.3. The molecule has 34 heavy (non-hydrogen) atoms. The third-order valence-electron chi connectivity index (χ3n) is 7.59. The lowest BCUT2D eigenvalue weighted by atomic mass is 9.82. The van der Waals surface area contributed by atoms with Crippen LogP contribution < -0.4 is 15.0 Å². The summed E-state index contributed by atoms with van der Waals surface area (Å²) in [5.74, 6) is 0.0132. The Hall–Kier alpha value is -2.74. The molecule has 0 spiro atoms. The summed E-state index contributed by atoms with van der Waals surface area (Å²) < 4.78 is 45.5. The first-order valence-corrected chi connectivity index (χ1v) is 12.0. The van der Waals surface area contributed by atoms with Gasteiger partial charge in [-0.1, -0.05) is 18.9 Å². The summed E-state index contributed by atoms with van der Waals surface area (Å²) in [7, 11) is 1.56. The summed E-state index contributed by atoms with van der Waals surface area (Å²) in [5.41, 5.74) is 1.37. The van der Waals surface area contributed by atoms with Gasteiger partial charge in [-0.15, -0.1) is 0 Å². The number of fused-ring (bicyclic) bond motifs is 3. The van der Waals surface area contributed by atoms with E-state index in [1.165, 1.54) is 31.7 Å². The maximum atomic E-state index is 13.5. The third-order valence-corrected chi connectivity index (χ3v) is 7.59. The minimum absolute atomic E-state index is 0.0794. The Morgan fingerprint density at radius 3 is 2.62 bits per heavy atom. The second-order valence-electron chi connectivity index (χ2n) is 9.57. The Labute approximate surface area is 197 Å². The summed E-state index contributed by atoms with van der Waals surface area (Å²) >= 11 is 0. The number of piperazine rings is 1. The van der Waals surface area contributed by atoms with Crippen LogP contribution >= 0.6 is 0 Å². The van der Waals surface area contributed by atoms with Crippen LogP contribution in [0.1, 0.15) is 36.8 Å². The van der Waals surface area contributed by atoms with Crippen LogP contribution in [0.15, 0.2) is 42.5 Å². The second kappa shape index (κ2) is 9.13. The molecule has 2 atom stereocenters. The molecule has 0 radical (unpaired) electrons. The van der Waals surface area contributed by atoms with Crippen molar-refractivity contribution in [1.29, 1.82) is 0 Å². The fourth-order valence-corrected chi connectivity index (χ4v) is 5.86. The quantitative estimate of drug-likeness (QED) is 0.682. The average Bonchev–Trinajstić information content (AvgIpc) is 3.37. The van der Waals surface area contributed by atoms with Crippen LogP contribution in [0.4, 0.5) is 24.5 Å². The highest BCUT2D eigenvalue weighted by atomic mass is 19.4. The molecular weight excluding hydrogens is 443 g/mol. The standard InChI is InChI=1S/C26H30F3N3O2/c1-34-21-8-4-5-19(15-21)30-25(33)22-14-17-13-18(26(27,28)29)9-10-23(17)32-12-11-31(16-24(22)32)20-6-2-3-7-20/h4-5,8-10,13,15,20,22,24H,2-3,6-7,11-12,14,16H2,1H3,(H,30,33). The molecule has 8 heteroatoms. The lowest BCUT2D eigenvalue weighted by Crippen LogP contribution is -2.61. The molecule has 1 N–H and O–H groups in total. The molecule has 0 aromatic heterocycles. The first kappa shape index (κ1) is 23.0. The maximum absolute atomic E-state index is 13.5. The van der Waals surface area contributed by atoms with Crippen molar-refractivity contribution < 1.29 is 22.7 Å². The molecule has 5 nitrogen and oxygen atoms in total. The number of hydrogen-bond donors (Lipinski definition) is 1. The van der Waals surface area contributed by atoms with Crippen molar-refractivity contribution >= 4 is 17.3 Å². The molecule has 1 aliphatic carbocycles. The van der Waals surface area contributed by atoms with Gasteiger partial charge in [0.1, 0.15) is 5.75 Å². The summed E-state index contributed by atoms with van der Waals surface area (Å²) in [6, 6.07) is 11.6. The largest absolute Gasteiger partial charge is 0.497 e. The van der Waals surface area contributed by atoms with Gasteiger partial charge < -0.3 is 15.0 Å². The summed E-state index contributed by atoms with van der Waals surface area (Å²) in [6.45, 7) is 2.33. The lowest BCUT2D eigenvalue weighted by Gasteiger charge is -2.50. The van der Waals surface area contributed by atoms with Gasteiger partial charge in [0, 0.05) is 43.1 Å².